The Morgan fingerprint density at radius 3 is 2.34 bits per heavy atom. The molecule has 0 amide bonds. The van der Waals surface area contributed by atoms with Crippen molar-refractivity contribution >= 4 is 16.4 Å². The molecule has 0 bridgehead atoms. The van der Waals surface area contributed by atoms with Gasteiger partial charge in [0.05, 0.1) is 24.3 Å². The van der Waals surface area contributed by atoms with Gasteiger partial charge in [-0.1, -0.05) is 50.2 Å². The van der Waals surface area contributed by atoms with E-state index in [-0.39, 0.29) is 0 Å². The Balaban J connectivity index is 0.000000994. The van der Waals surface area contributed by atoms with E-state index < -0.39 is 0 Å². The lowest BCUT2D eigenvalue weighted by Crippen LogP contribution is -1.89. The van der Waals surface area contributed by atoms with Crippen molar-refractivity contribution in [1.29, 1.82) is 0 Å². The second-order valence-corrected chi connectivity index (χ2v) is 6.41. The van der Waals surface area contributed by atoms with Crippen molar-refractivity contribution in [1.82, 2.24) is 14.6 Å². The van der Waals surface area contributed by atoms with Gasteiger partial charge in [0, 0.05) is 28.9 Å². The summed E-state index contributed by atoms with van der Waals surface area (Å²) in [5.41, 5.74) is 6.55. The van der Waals surface area contributed by atoms with Gasteiger partial charge in [-0.05, 0) is 41.5 Å². The Kier molecular flexibility index (Phi) is 5.25. The van der Waals surface area contributed by atoms with Crippen LogP contribution >= 0.6 is 0 Å². The van der Waals surface area contributed by atoms with Gasteiger partial charge in [0.25, 0.3) is 0 Å². The largest absolute Gasteiger partial charge is 0.497 e. The van der Waals surface area contributed by atoms with E-state index in [9.17, 15) is 0 Å². The molecule has 144 valence electrons. The van der Waals surface area contributed by atoms with E-state index in [4.69, 9.17) is 4.74 Å². The first-order valence-electron chi connectivity index (χ1n) is 9.79. The van der Waals surface area contributed by atoms with Gasteiger partial charge < -0.3 is 4.74 Å². The van der Waals surface area contributed by atoms with E-state index in [0.717, 1.165) is 44.4 Å². The summed E-state index contributed by atoms with van der Waals surface area (Å²) >= 11 is 0. The molecular weight excluding hydrogens is 358 g/mol. The minimum Gasteiger partial charge on any atom is -0.497 e. The van der Waals surface area contributed by atoms with Crippen molar-refractivity contribution in [2.45, 2.75) is 13.8 Å². The molecule has 2 aromatic carbocycles. The molecule has 5 rings (SSSR count). The summed E-state index contributed by atoms with van der Waals surface area (Å²) in [5, 5.41) is 5.73. The van der Waals surface area contributed by atoms with Crippen molar-refractivity contribution in [2.75, 3.05) is 7.11 Å². The summed E-state index contributed by atoms with van der Waals surface area (Å²) in [7, 11) is 1.68. The maximum absolute atomic E-state index is 5.24. The number of benzene rings is 2. The van der Waals surface area contributed by atoms with Crippen LogP contribution in [0.2, 0.25) is 0 Å². The molecule has 0 spiro atoms. The minimum atomic E-state index is 0.853. The first-order valence-corrected chi connectivity index (χ1v) is 9.79. The third-order valence-electron chi connectivity index (χ3n) is 4.88. The second-order valence-electron chi connectivity index (χ2n) is 6.41. The van der Waals surface area contributed by atoms with Gasteiger partial charge in [0.15, 0.2) is 0 Å². The van der Waals surface area contributed by atoms with E-state index in [1.54, 1.807) is 7.11 Å². The first-order chi connectivity index (χ1) is 14.3. The van der Waals surface area contributed by atoms with Crippen molar-refractivity contribution in [2.24, 2.45) is 0 Å². The Morgan fingerprint density at radius 2 is 1.55 bits per heavy atom. The molecule has 0 atom stereocenters. The van der Waals surface area contributed by atoms with Crippen LogP contribution in [0.15, 0.2) is 85.3 Å². The summed E-state index contributed by atoms with van der Waals surface area (Å²) in [6.45, 7) is 4.00. The van der Waals surface area contributed by atoms with Crippen LogP contribution in [0, 0.1) is 0 Å². The zero-order valence-corrected chi connectivity index (χ0v) is 16.8. The van der Waals surface area contributed by atoms with Crippen molar-refractivity contribution in [3.63, 3.8) is 0 Å². The third kappa shape index (κ3) is 3.45. The fraction of sp³-hybridized carbons (Fsp3) is 0.120. The Morgan fingerprint density at radius 1 is 0.793 bits per heavy atom. The quantitative estimate of drug-likeness (QED) is 0.371. The maximum Gasteiger partial charge on any atom is 0.118 e. The van der Waals surface area contributed by atoms with Gasteiger partial charge in [-0.3, -0.25) is 4.98 Å². The number of rotatable bonds is 3. The van der Waals surface area contributed by atoms with E-state index in [1.165, 1.54) is 0 Å². The molecule has 0 saturated carbocycles. The highest BCUT2D eigenvalue weighted by molar-refractivity contribution is 5.98. The highest BCUT2D eigenvalue weighted by Crippen LogP contribution is 2.32. The average molecular weight is 381 g/mol. The molecule has 0 N–H and O–H groups in total. The molecule has 0 saturated heterocycles. The predicted molar refractivity (Wildman–Crippen MR) is 119 cm³/mol. The molecule has 0 radical (unpaired) electrons. The molecule has 0 unspecified atom stereocenters. The zero-order valence-electron chi connectivity index (χ0n) is 16.8. The average Bonchev–Trinajstić information content (AvgIpc) is 3.23. The summed E-state index contributed by atoms with van der Waals surface area (Å²) in [6, 6.07) is 22.5. The van der Waals surface area contributed by atoms with Gasteiger partial charge in [-0.2, -0.15) is 5.10 Å². The zero-order chi connectivity index (χ0) is 20.2. The maximum atomic E-state index is 5.24. The fourth-order valence-electron chi connectivity index (χ4n) is 3.48. The van der Waals surface area contributed by atoms with Crippen LogP contribution in [0.1, 0.15) is 13.8 Å². The lowest BCUT2D eigenvalue weighted by molar-refractivity contribution is 0.415. The smallest absolute Gasteiger partial charge is 0.118 e. The molecule has 4 heteroatoms. The van der Waals surface area contributed by atoms with Crippen LogP contribution in [0.3, 0.4) is 0 Å². The van der Waals surface area contributed by atoms with Crippen molar-refractivity contribution in [3.05, 3.63) is 85.3 Å². The third-order valence-corrected chi connectivity index (χ3v) is 4.88. The van der Waals surface area contributed by atoms with Gasteiger partial charge in [-0.15, -0.1) is 0 Å². The van der Waals surface area contributed by atoms with Crippen LogP contribution in [0.5, 0.6) is 5.75 Å². The molecule has 0 aliphatic carbocycles. The van der Waals surface area contributed by atoms with Crippen LogP contribution in [0.4, 0.5) is 0 Å². The Bertz CT molecular complexity index is 1250. The Labute approximate surface area is 170 Å². The van der Waals surface area contributed by atoms with E-state index >= 15 is 0 Å². The van der Waals surface area contributed by atoms with Crippen LogP contribution < -0.4 is 4.74 Å². The highest BCUT2D eigenvalue weighted by atomic mass is 16.5. The summed E-state index contributed by atoms with van der Waals surface area (Å²) in [5.74, 6) is 0.853. The van der Waals surface area contributed by atoms with Gasteiger partial charge in [0.2, 0.25) is 0 Å². The fourth-order valence-corrected chi connectivity index (χ4v) is 3.48. The Hall–Kier alpha value is -3.66. The number of fused-ring (bicyclic) bond motifs is 2. The van der Waals surface area contributed by atoms with E-state index in [0.29, 0.717) is 0 Å². The first kappa shape index (κ1) is 18.7. The summed E-state index contributed by atoms with van der Waals surface area (Å²) < 4.78 is 7.17. The minimum absolute atomic E-state index is 0.853. The number of hydrogen-bond donors (Lipinski definition) is 0. The second kappa shape index (κ2) is 8.15. The van der Waals surface area contributed by atoms with E-state index in [2.05, 4.69) is 52.7 Å². The summed E-state index contributed by atoms with van der Waals surface area (Å²) in [6.07, 6.45) is 5.84. The molecule has 0 fully saturated rings. The molecule has 4 nitrogen and oxygen atoms in total. The van der Waals surface area contributed by atoms with Crippen LogP contribution in [-0.4, -0.2) is 21.7 Å². The molecule has 3 heterocycles. The number of hydrogen-bond acceptors (Lipinski definition) is 3. The molecule has 5 aromatic rings. The van der Waals surface area contributed by atoms with Gasteiger partial charge in [-0.25, -0.2) is 4.52 Å². The van der Waals surface area contributed by atoms with E-state index in [1.807, 2.05) is 61.1 Å². The SMILES string of the molecule is CC.COc1ccc(-c2ccc3c(-c4ccnc5ccccc45)cnn3c2)cc1. The lowest BCUT2D eigenvalue weighted by Gasteiger charge is -2.07. The number of ether oxygens (including phenoxy) is 1. The number of pyridine rings is 2. The van der Waals surface area contributed by atoms with Gasteiger partial charge >= 0.3 is 0 Å². The molecule has 29 heavy (non-hydrogen) atoms. The normalized spacial score (nSPS) is 10.6. The van der Waals surface area contributed by atoms with Crippen molar-refractivity contribution < 1.29 is 4.74 Å². The predicted octanol–water partition coefficient (Wildman–Crippen LogP) is 6.25. The van der Waals surface area contributed by atoms with Crippen molar-refractivity contribution in [3.8, 4) is 28.0 Å². The molecule has 3 aromatic heterocycles. The number of methoxy groups -OCH3 is 1. The number of aromatic nitrogens is 3. The van der Waals surface area contributed by atoms with Crippen LogP contribution in [-0.2, 0) is 0 Å². The molecular formula is C25H23N3O. The number of para-hydroxylation sites is 1. The molecule has 0 aliphatic heterocycles. The monoisotopic (exact) mass is 381 g/mol. The topological polar surface area (TPSA) is 39.4 Å². The van der Waals surface area contributed by atoms with Crippen LogP contribution in [0.25, 0.3) is 38.7 Å². The highest BCUT2D eigenvalue weighted by Gasteiger charge is 2.11. The summed E-state index contributed by atoms with van der Waals surface area (Å²) in [4.78, 5) is 4.46. The molecule has 0 aliphatic rings. The number of nitrogens with zero attached hydrogens (tertiary/aromatic N) is 3. The lowest BCUT2D eigenvalue weighted by atomic mass is 10.0. The standard InChI is InChI=1S/C23H17N3O.C2H6/c1-27-18-9-6-16(7-10-18)17-8-11-23-21(14-25-26(23)15-17)19-12-13-24-22-5-3-2-4-20(19)22;1-2/h2-15H,1H3;1-2H3. The van der Waals surface area contributed by atoms with Gasteiger partial charge in [0.1, 0.15) is 5.75 Å².